The molecule has 1 atom stereocenters. The van der Waals surface area contributed by atoms with Crippen molar-refractivity contribution in [1.82, 2.24) is 15.5 Å². The average Bonchev–Trinajstić information content (AvgIpc) is 3.21. The first-order valence-corrected chi connectivity index (χ1v) is 10.7. The first-order valence-electron chi connectivity index (χ1n) is 10.7. The molecule has 3 rings (SSSR count). The van der Waals surface area contributed by atoms with Crippen LogP contribution in [0.3, 0.4) is 0 Å². The van der Waals surface area contributed by atoms with Crippen molar-refractivity contribution in [3.8, 4) is 11.5 Å². The lowest BCUT2D eigenvalue weighted by atomic mass is 10.2. The fourth-order valence-corrected chi connectivity index (χ4v) is 3.46. The molecule has 2 N–H and O–H groups in total. The van der Waals surface area contributed by atoms with Gasteiger partial charge < -0.3 is 20.3 Å². The molecule has 0 radical (unpaired) electrons. The number of likely N-dealkylation sites (tertiary alicyclic amines) is 1. The Balaban J connectivity index is 0.00000341. The predicted molar refractivity (Wildman–Crippen MR) is 136 cm³/mol. The molecule has 1 fully saturated rings. The molecule has 0 saturated carbocycles. The number of nitrogens with zero attached hydrogens (tertiary/aromatic N) is 2. The van der Waals surface area contributed by atoms with Gasteiger partial charge in [-0.05, 0) is 43.2 Å². The molecule has 1 saturated heterocycles. The quantitative estimate of drug-likeness (QED) is 0.313. The van der Waals surface area contributed by atoms with Crippen molar-refractivity contribution in [2.24, 2.45) is 10.9 Å². The van der Waals surface area contributed by atoms with E-state index in [1.54, 1.807) is 0 Å². The van der Waals surface area contributed by atoms with Crippen LogP contribution in [-0.2, 0) is 11.3 Å². The van der Waals surface area contributed by atoms with E-state index in [0.29, 0.717) is 6.54 Å². The predicted octanol–water partition coefficient (Wildman–Crippen LogP) is 4.41. The fourth-order valence-electron chi connectivity index (χ4n) is 3.46. The summed E-state index contributed by atoms with van der Waals surface area (Å²) < 4.78 is 5.92. The number of ether oxygens (including phenoxy) is 1. The molecule has 168 valence electrons. The van der Waals surface area contributed by atoms with Gasteiger partial charge in [0.2, 0.25) is 5.91 Å². The molecule has 0 aromatic heterocycles. The molecule has 7 heteroatoms. The molecule has 1 unspecified atom stereocenters. The van der Waals surface area contributed by atoms with Crippen molar-refractivity contribution in [1.29, 1.82) is 0 Å². The number of amides is 1. The minimum atomic E-state index is 0. The van der Waals surface area contributed by atoms with E-state index in [4.69, 9.17) is 9.73 Å². The molecule has 6 nitrogen and oxygen atoms in total. The maximum absolute atomic E-state index is 12.2. The van der Waals surface area contributed by atoms with E-state index in [9.17, 15) is 4.79 Å². The van der Waals surface area contributed by atoms with Crippen LogP contribution in [-0.4, -0.2) is 42.4 Å². The summed E-state index contributed by atoms with van der Waals surface area (Å²) in [5.41, 5.74) is 1.07. The number of aliphatic imine (C=N–C) groups is 1. The Hall–Kier alpha value is -2.29. The van der Waals surface area contributed by atoms with Crippen LogP contribution in [0, 0.1) is 5.92 Å². The van der Waals surface area contributed by atoms with Gasteiger partial charge >= 0.3 is 0 Å². The van der Waals surface area contributed by atoms with Gasteiger partial charge in [-0.2, -0.15) is 0 Å². The topological polar surface area (TPSA) is 66.0 Å². The number of halogens is 1. The van der Waals surface area contributed by atoms with Crippen LogP contribution < -0.4 is 15.4 Å². The molecule has 1 heterocycles. The first kappa shape index (κ1) is 25.0. The maximum Gasteiger partial charge on any atom is 0.225 e. The second-order valence-electron chi connectivity index (χ2n) is 7.83. The number of hydrogen-bond acceptors (Lipinski definition) is 3. The maximum atomic E-state index is 12.2. The molecule has 31 heavy (non-hydrogen) atoms. The van der Waals surface area contributed by atoms with Crippen LogP contribution in [0.25, 0.3) is 0 Å². The SMILES string of the molecule is CCNC(=NCc1cccc(Oc2ccccc2)c1)NC1CCN(C(=O)C(C)C)C1.I. The highest BCUT2D eigenvalue weighted by molar-refractivity contribution is 14.0. The second-order valence-corrected chi connectivity index (χ2v) is 7.83. The molecule has 0 bridgehead atoms. The third-order valence-electron chi connectivity index (χ3n) is 4.98. The molecular formula is C24H33IN4O2. The van der Waals surface area contributed by atoms with E-state index in [0.717, 1.165) is 49.1 Å². The van der Waals surface area contributed by atoms with Crippen LogP contribution in [0.15, 0.2) is 59.6 Å². The minimum Gasteiger partial charge on any atom is -0.457 e. The lowest BCUT2D eigenvalue weighted by Crippen LogP contribution is -2.45. The van der Waals surface area contributed by atoms with E-state index in [1.165, 1.54) is 0 Å². The molecule has 1 aliphatic rings. The number of carbonyl (C=O) groups excluding carboxylic acids is 1. The Labute approximate surface area is 202 Å². The zero-order valence-electron chi connectivity index (χ0n) is 18.5. The van der Waals surface area contributed by atoms with Gasteiger partial charge in [-0.15, -0.1) is 24.0 Å². The van der Waals surface area contributed by atoms with Gasteiger partial charge in [0.15, 0.2) is 5.96 Å². The molecule has 2 aromatic carbocycles. The number of guanidine groups is 1. The minimum absolute atomic E-state index is 0. The van der Waals surface area contributed by atoms with Crippen molar-refractivity contribution in [3.63, 3.8) is 0 Å². The summed E-state index contributed by atoms with van der Waals surface area (Å²) in [6.07, 6.45) is 0.934. The molecule has 1 amide bonds. The van der Waals surface area contributed by atoms with Gasteiger partial charge in [0.25, 0.3) is 0 Å². The molecular weight excluding hydrogens is 503 g/mol. The van der Waals surface area contributed by atoms with Gasteiger partial charge in [0.1, 0.15) is 11.5 Å². The largest absolute Gasteiger partial charge is 0.457 e. The Morgan fingerprint density at radius 3 is 2.61 bits per heavy atom. The van der Waals surface area contributed by atoms with Crippen molar-refractivity contribution < 1.29 is 9.53 Å². The Kier molecular flexibility index (Phi) is 10.1. The van der Waals surface area contributed by atoms with Crippen LogP contribution >= 0.6 is 24.0 Å². The summed E-state index contributed by atoms with van der Waals surface area (Å²) in [5, 5.41) is 6.78. The molecule has 2 aromatic rings. The Bertz CT molecular complexity index is 858. The highest BCUT2D eigenvalue weighted by atomic mass is 127. The summed E-state index contributed by atoms with van der Waals surface area (Å²) in [5.74, 6) is 2.64. The second kappa shape index (κ2) is 12.5. The summed E-state index contributed by atoms with van der Waals surface area (Å²) in [4.78, 5) is 18.9. The molecule has 1 aliphatic heterocycles. The standard InChI is InChI=1S/C24H32N4O2.HI/c1-4-25-24(27-20-13-14-28(17-20)23(29)18(2)3)26-16-19-9-8-12-22(15-19)30-21-10-6-5-7-11-21;/h5-12,15,18,20H,4,13-14,16-17H2,1-3H3,(H2,25,26,27);1H. The number of hydrogen-bond donors (Lipinski definition) is 2. The lowest BCUT2D eigenvalue weighted by Gasteiger charge is -2.20. The van der Waals surface area contributed by atoms with Crippen molar-refractivity contribution >= 4 is 35.8 Å². The van der Waals surface area contributed by atoms with Crippen molar-refractivity contribution in [2.75, 3.05) is 19.6 Å². The number of carbonyl (C=O) groups is 1. The summed E-state index contributed by atoms with van der Waals surface area (Å²) >= 11 is 0. The fraction of sp³-hybridized carbons (Fsp3) is 0.417. The third-order valence-corrected chi connectivity index (χ3v) is 4.98. The highest BCUT2D eigenvalue weighted by Crippen LogP contribution is 2.22. The van der Waals surface area contributed by atoms with E-state index < -0.39 is 0 Å². The van der Waals surface area contributed by atoms with Gasteiger partial charge in [0.05, 0.1) is 6.54 Å². The van der Waals surface area contributed by atoms with Gasteiger partial charge in [-0.3, -0.25) is 4.79 Å². The zero-order valence-corrected chi connectivity index (χ0v) is 20.8. The van der Waals surface area contributed by atoms with E-state index >= 15 is 0 Å². The highest BCUT2D eigenvalue weighted by Gasteiger charge is 2.27. The van der Waals surface area contributed by atoms with Crippen LogP contribution in [0.4, 0.5) is 0 Å². The molecule has 0 aliphatic carbocycles. The van der Waals surface area contributed by atoms with Crippen molar-refractivity contribution in [3.05, 3.63) is 60.2 Å². The zero-order chi connectivity index (χ0) is 21.3. The van der Waals surface area contributed by atoms with E-state index in [1.807, 2.05) is 73.3 Å². The number of benzene rings is 2. The first-order chi connectivity index (χ1) is 14.5. The summed E-state index contributed by atoms with van der Waals surface area (Å²) in [6.45, 7) is 8.80. The number of rotatable bonds is 7. The summed E-state index contributed by atoms with van der Waals surface area (Å²) in [6, 6.07) is 18.0. The van der Waals surface area contributed by atoms with E-state index in [-0.39, 0.29) is 41.8 Å². The lowest BCUT2D eigenvalue weighted by molar-refractivity contribution is -0.133. The number of nitrogens with one attached hydrogen (secondary N) is 2. The van der Waals surface area contributed by atoms with E-state index in [2.05, 4.69) is 17.6 Å². The average molecular weight is 536 g/mol. The third kappa shape index (κ3) is 7.72. The van der Waals surface area contributed by atoms with Crippen molar-refractivity contribution in [2.45, 2.75) is 39.8 Å². The van der Waals surface area contributed by atoms with Crippen LogP contribution in [0.5, 0.6) is 11.5 Å². The van der Waals surface area contributed by atoms with Gasteiger partial charge in [-0.1, -0.05) is 44.2 Å². The monoisotopic (exact) mass is 536 g/mol. The Morgan fingerprint density at radius 1 is 1.16 bits per heavy atom. The normalized spacial score (nSPS) is 16.1. The van der Waals surface area contributed by atoms with Crippen LogP contribution in [0.2, 0.25) is 0 Å². The van der Waals surface area contributed by atoms with Crippen LogP contribution in [0.1, 0.15) is 32.8 Å². The van der Waals surface area contributed by atoms with Gasteiger partial charge in [-0.25, -0.2) is 4.99 Å². The Morgan fingerprint density at radius 2 is 1.90 bits per heavy atom. The summed E-state index contributed by atoms with van der Waals surface area (Å²) in [7, 11) is 0. The van der Waals surface area contributed by atoms with Gasteiger partial charge in [0, 0.05) is 31.6 Å². The number of para-hydroxylation sites is 1. The smallest absolute Gasteiger partial charge is 0.225 e. The molecule has 0 spiro atoms.